The van der Waals surface area contributed by atoms with Crippen LogP contribution >= 0.6 is 0 Å². The van der Waals surface area contributed by atoms with Crippen LogP contribution in [-0.4, -0.2) is 61.7 Å². The molecule has 0 aliphatic heterocycles. The van der Waals surface area contributed by atoms with Crippen LogP contribution in [0.25, 0.3) is 0 Å². The summed E-state index contributed by atoms with van der Waals surface area (Å²) >= 11 is 0. The van der Waals surface area contributed by atoms with Gasteiger partial charge in [-0.1, -0.05) is 164 Å². The molecule has 0 heterocycles. The summed E-state index contributed by atoms with van der Waals surface area (Å²) < 4.78 is 26.8. The van der Waals surface area contributed by atoms with Crippen LogP contribution in [0.1, 0.15) is 129 Å². The molecular weight excluding hydrogens is 909 g/mol. The van der Waals surface area contributed by atoms with E-state index in [-0.39, 0.29) is 46.6 Å². The third kappa shape index (κ3) is 12.6. The number of esters is 1. The van der Waals surface area contributed by atoms with Crippen LogP contribution in [0.2, 0.25) is 16.6 Å². The minimum atomic E-state index is -2.59. The second-order valence-electron chi connectivity index (χ2n) is 20.4. The SMILES string of the molecule is COc1cc(CC/C=C(/C)[C@H](O[Si](C(C)C)(C(C)C)C(C)C)[C@@H](C)[C@H](C/C=C/COC(c2ccccc2)(c2ccccc2)c2ccccc2)OC(=O)C2(NC(=O)C3=CCCCC3)CC2)c(O)c([N+](=O)[O-])c1. The highest BCUT2D eigenvalue weighted by Gasteiger charge is 2.54. The molecule has 4 aromatic rings. The number of nitro groups is 1. The van der Waals surface area contributed by atoms with Crippen molar-refractivity contribution in [1.82, 2.24) is 5.32 Å². The summed E-state index contributed by atoms with van der Waals surface area (Å²) in [6, 6.07) is 33.5. The van der Waals surface area contributed by atoms with Crippen molar-refractivity contribution in [1.29, 1.82) is 0 Å². The third-order valence-electron chi connectivity index (χ3n) is 14.8. The van der Waals surface area contributed by atoms with Gasteiger partial charge in [0.05, 0.1) is 30.8 Å². The first kappa shape index (κ1) is 54.5. The van der Waals surface area contributed by atoms with Crippen molar-refractivity contribution in [3.8, 4) is 11.5 Å². The van der Waals surface area contributed by atoms with Gasteiger partial charge in [0.2, 0.25) is 14.2 Å². The zero-order chi connectivity index (χ0) is 51.3. The number of rotatable bonds is 25. The molecule has 2 aliphatic rings. The molecule has 0 spiro atoms. The second kappa shape index (κ2) is 24.5. The first-order valence-corrected chi connectivity index (χ1v) is 27.7. The molecule has 0 radical (unpaired) electrons. The number of hydrogen-bond acceptors (Lipinski definition) is 9. The van der Waals surface area contributed by atoms with Gasteiger partial charge in [0.25, 0.3) is 0 Å². The number of amides is 1. The summed E-state index contributed by atoms with van der Waals surface area (Å²) in [5, 5.41) is 25.9. The third-order valence-corrected chi connectivity index (χ3v) is 20.9. The lowest BCUT2D eigenvalue weighted by Gasteiger charge is -2.47. The number of phenolic OH excluding ortho intramolecular Hbond substituents is 1. The van der Waals surface area contributed by atoms with Gasteiger partial charge in [0.15, 0.2) is 5.75 Å². The lowest BCUT2D eigenvalue weighted by Crippen LogP contribution is -2.53. The number of nitro benzene ring substituents is 1. The number of methoxy groups -OCH3 is 1. The molecule has 1 amide bonds. The Morgan fingerprint density at radius 2 is 1.41 bits per heavy atom. The highest BCUT2D eigenvalue weighted by Crippen LogP contribution is 2.46. The summed E-state index contributed by atoms with van der Waals surface area (Å²) in [5.41, 5.74) is 3.32. The summed E-state index contributed by atoms with van der Waals surface area (Å²) in [7, 11) is -1.15. The van der Waals surface area contributed by atoms with Crippen LogP contribution in [0.15, 0.2) is 139 Å². The maximum absolute atomic E-state index is 14.6. The quantitative estimate of drug-likeness (QED) is 0.0165. The summed E-state index contributed by atoms with van der Waals surface area (Å²) in [6.45, 7) is 17.8. The van der Waals surface area contributed by atoms with Crippen molar-refractivity contribution in [2.24, 2.45) is 5.92 Å². The molecule has 1 fully saturated rings. The van der Waals surface area contributed by atoms with Crippen LogP contribution in [0.5, 0.6) is 11.5 Å². The topological polar surface area (TPSA) is 146 Å². The van der Waals surface area contributed by atoms with E-state index < -0.39 is 48.2 Å². The van der Waals surface area contributed by atoms with E-state index in [1.165, 1.54) is 13.2 Å². The Hall–Kier alpha value is -5.82. The molecular formula is C59H76N2O9Si. The standard InChI is InChI=1S/C59H76N2O9Si/c1-41(2)71(42(3)4,43(5)6)70-55(44(7)25-24-28-47-39-51(67-9)40-52(54(47)62)61(65)66)45(8)53(69-57(64)58(36-37-58)60-56(63)46-26-14-10-15-27-46)35-22-23-38-68-59(48-29-16-11-17-30-48,49-31-18-12-19-32-49)50-33-20-13-21-34-50/h11-13,16-23,25-26,29-34,39-43,45,53,55,62H,10,14-15,24,27-28,35-38H2,1-9H3,(H,60,63)/b23-22+,44-25-/t45-,53-,55-/m0/s1. The van der Waals surface area contributed by atoms with Gasteiger partial charge >= 0.3 is 11.7 Å². The van der Waals surface area contributed by atoms with Gasteiger partial charge in [-0.05, 0) is 103 Å². The Morgan fingerprint density at radius 1 is 0.845 bits per heavy atom. The number of allylic oxidation sites excluding steroid dienone is 2. The van der Waals surface area contributed by atoms with Crippen LogP contribution in [0.3, 0.4) is 0 Å². The number of carbonyl (C=O) groups excluding carboxylic acids is 2. The molecule has 11 nitrogen and oxygen atoms in total. The molecule has 4 aromatic carbocycles. The summed E-state index contributed by atoms with van der Waals surface area (Å²) in [6.07, 6.45) is 12.5. The van der Waals surface area contributed by atoms with Crippen molar-refractivity contribution >= 4 is 25.9 Å². The number of aryl methyl sites for hydroxylation is 1. The minimum Gasteiger partial charge on any atom is -0.502 e. The highest BCUT2D eigenvalue weighted by atomic mass is 28.4. The molecule has 71 heavy (non-hydrogen) atoms. The first-order valence-electron chi connectivity index (χ1n) is 25.6. The van der Waals surface area contributed by atoms with Gasteiger partial charge in [-0.3, -0.25) is 14.9 Å². The number of benzene rings is 4. The Bertz CT molecular complexity index is 2380. The van der Waals surface area contributed by atoms with Crippen LogP contribution in [0.4, 0.5) is 5.69 Å². The Kier molecular flexibility index (Phi) is 18.8. The largest absolute Gasteiger partial charge is 0.502 e. The van der Waals surface area contributed by atoms with Gasteiger partial charge < -0.3 is 29.1 Å². The van der Waals surface area contributed by atoms with Crippen LogP contribution < -0.4 is 10.1 Å². The van der Waals surface area contributed by atoms with E-state index in [1.54, 1.807) is 6.07 Å². The van der Waals surface area contributed by atoms with Crippen molar-refractivity contribution in [2.75, 3.05) is 13.7 Å². The number of ether oxygens (including phenoxy) is 3. The van der Waals surface area contributed by atoms with E-state index in [0.717, 1.165) is 47.1 Å². The van der Waals surface area contributed by atoms with Gasteiger partial charge in [0.1, 0.15) is 23.0 Å². The first-order chi connectivity index (χ1) is 34.0. The number of nitrogens with zero attached hydrogens (tertiary/aromatic N) is 1. The highest BCUT2D eigenvalue weighted by molar-refractivity contribution is 6.77. The lowest BCUT2D eigenvalue weighted by molar-refractivity contribution is -0.386. The minimum absolute atomic E-state index is 0.200. The van der Waals surface area contributed by atoms with Crippen molar-refractivity contribution in [3.05, 3.63) is 171 Å². The van der Waals surface area contributed by atoms with Crippen molar-refractivity contribution < 1.29 is 38.3 Å². The van der Waals surface area contributed by atoms with Gasteiger partial charge in [0, 0.05) is 23.5 Å². The maximum Gasteiger partial charge on any atom is 0.332 e. The molecule has 0 saturated heterocycles. The van der Waals surface area contributed by atoms with Gasteiger partial charge in [-0.25, -0.2) is 4.79 Å². The summed E-state index contributed by atoms with van der Waals surface area (Å²) in [5.74, 6) is -1.12. The Labute approximate surface area is 423 Å². The number of phenols is 1. The van der Waals surface area contributed by atoms with E-state index in [1.807, 2.05) is 79.7 Å². The van der Waals surface area contributed by atoms with Crippen molar-refractivity contribution in [3.63, 3.8) is 0 Å². The molecule has 0 bridgehead atoms. The fraction of sp³-hybridized carbons (Fsp3) is 0.458. The Morgan fingerprint density at radius 3 is 1.89 bits per heavy atom. The number of aromatic hydroxyl groups is 1. The number of nitrogens with one attached hydrogen (secondary N) is 1. The Balaban J connectivity index is 1.36. The lowest BCUT2D eigenvalue weighted by atomic mass is 9.80. The zero-order valence-corrected chi connectivity index (χ0v) is 44.3. The van der Waals surface area contributed by atoms with E-state index in [0.29, 0.717) is 44.1 Å². The smallest absolute Gasteiger partial charge is 0.332 e. The molecule has 0 unspecified atom stereocenters. The molecule has 1 saturated carbocycles. The van der Waals surface area contributed by atoms with Crippen molar-refractivity contribution in [2.45, 2.75) is 153 Å². The molecule has 6 rings (SSSR count). The average molecular weight is 985 g/mol. The van der Waals surface area contributed by atoms with E-state index >= 15 is 0 Å². The maximum atomic E-state index is 14.6. The van der Waals surface area contributed by atoms with E-state index in [4.69, 9.17) is 18.6 Å². The predicted molar refractivity (Wildman–Crippen MR) is 284 cm³/mol. The molecule has 380 valence electrons. The van der Waals surface area contributed by atoms with E-state index in [2.05, 4.69) is 96.3 Å². The average Bonchev–Trinajstić information content (AvgIpc) is 4.16. The number of hydrogen-bond donors (Lipinski definition) is 2. The number of carbonyl (C=O) groups is 2. The summed E-state index contributed by atoms with van der Waals surface area (Å²) in [4.78, 5) is 39.4. The molecule has 3 atom stereocenters. The van der Waals surface area contributed by atoms with Crippen LogP contribution in [-0.2, 0) is 35.5 Å². The molecule has 2 aliphatic carbocycles. The van der Waals surface area contributed by atoms with E-state index in [9.17, 15) is 24.8 Å². The monoisotopic (exact) mass is 985 g/mol. The molecule has 12 heteroatoms. The fourth-order valence-electron chi connectivity index (χ4n) is 10.8. The normalized spacial score (nSPS) is 16.4. The van der Waals surface area contributed by atoms with Gasteiger partial charge in [-0.2, -0.15) is 0 Å². The van der Waals surface area contributed by atoms with Crippen LogP contribution in [0, 0.1) is 16.0 Å². The predicted octanol–water partition coefficient (Wildman–Crippen LogP) is 13.4. The van der Waals surface area contributed by atoms with Gasteiger partial charge in [-0.15, -0.1) is 0 Å². The molecule has 2 N–H and O–H groups in total. The second-order valence-corrected chi connectivity index (χ2v) is 25.8. The molecule has 0 aromatic heterocycles. The zero-order valence-electron chi connectivity index (χ0n) is 43.3. The fourth-order valence-corrected chi connectivity index (χ4v) is 16.5.